The Morgan fingerprint density at radius 2 is 2.00 bits per heavy atom. The minimum Gasteiger partial charge on any atom is -0.456 e. The van der Waals surface area contributed by atoms with Gasteiger partial charge in [0, 0.05) is 29.7 Å². The molecule has 1 aliphatic heterocycles. The van der Waals surface area contributed by atoms with Crippen LogP contribution in [0.25, 0.3) is 0 Å². The van der Waals surface area contributed by atoms with Crippen LogP contribution in [-0.4, -0.2) is 48.6 Å². The van der Waals surface area contributed by atoms with Crippen LogP contribution < -0.4 is 10.6 Å². The van der Waals surface area contributed by atoms with Crippen LogP contribution in [-0.2, 0) is 4.79 Å². The lowest BCUT2D eigenvalue weighted by Crippen LogP contribution is -2.46. The van der Waals surface area contributed by atoms with Gasteiger partial charge in [0.1, 0.15) is 5.76 Å². The molecule has 2 aromatic rings. The second-order valence-corrected chi connectivity index (χ2v) is 7.59. The number of carbonyl (C=O) groups is 2. The van der Waals surface area contributed by atoms with E-state index in [-0.39, 0.29) is 17.9 Å². The van der Waals surface area contributed by atoms with Gasteiger partial charge in [-0.1, -0.05) is 6.07 Å². The summed E-state index contributed by atoms with van der Waals surface area (Å²) in [7, 11) is 0. The summed E-state index contributed by atoms with van der Waals surface area (Å²) in [5, 5.41) is 5.97. The number of anilines is 1. The molecule has 1 saturated heterocycles. The number of amides is 2. The standard InChI is InChI=1S/C20H25N3O3S/c1-14-6-7-18(26-14)20(25)22-15-8-10-23(11-9-15)13-19(24)21-16-4-3-5-17(12-16)27-2/h3-7,12,15H,8-11,13H2,1-2H3,(H,21,24)(H,22,25). The number of hydrogen-bond acceptors (Lipinski definition) is 5. The Morgan fingerprint density at radius 3 is 2.67 bits per heavy atom. The molecule has 0 aliphatic carbocycles. The van der Waals surface area contributed by atoms with Crippen molar-refractivity contribution in [2.24, 2.45) is 0 Å². The molecular formula is C20H25N3O3S. The van der Waals surface area contributed by atoms with E-state index in [0.29, 0.717) is 12.3 Å². The van der Waals surface area contributed by atoms with E-state index in [2.05, 4.69) is 15.5 Å². The molecule has 2 amide bonds. The first-order valence-electron chi connectivity index (χ1n) is 9.07. The Hall–Kier alpha value is -2.25. The van der Waals surface area contributed by atoms with Crippen molar-refractivity contribution < 1.29 is 14.0 Å². The minimum atomic E-state index is -0.173. The molecule has 0 radical (unpaired) electrons. The number of nitrogens with one attached hydrogen (secondary N) is 2. The number of thioether (sulfide) groups is 1. The highest BCUT2D eigenvalue weighted by Gasteiger charge is 2.23. The van der Waals surface area contributed by atoms with Gasteiger partial charge in [0.2, 0.25) is 5.91 Å². The number of aryl methyl sites for hydroxylation is 1. The molecule has 0 saturated carbocycles. The van der Waals surface area contributed by atoms with E-state index in [1.165, 1.54) is 0 Å². The molecule has 0 spiro atoms. The van der Waals surface area contributed by atoms with E-state index >= 15 is 0 Å². The molecule has 1 fully saturated rings. The third-order valence-corrected chi connectivity index (χ3v) is 5.33. The summed E-state index contributed by atoms with van der Waals surface area (Å²) in [4.78, 5) is 27.7. The fraction of sp³-hybridized carbons (Fsp3) is 0.400. The number of furan rings is 1. The van der Waals surface area contributed by atoms with Gasteiger partial charge >= 0.3 is 0 Å². The molecule has 0 unspecified atom stereocenters. The zero-order valence-electron chi connectivity index (χ0n) is 15.7. The molecule has 1 aromatic carbocycles. The second-order valence-electron chi connectivity index (χ2n) is 6.71. The van der Waals surface area contributed by atoms with Gasteiger partial charge in [-0.15, -0.1) is 11.8 Å². The quantitative estimate of drug-likeness (QED) is 0.745. The van der Waals surface area contributed by atoms with Crippen LogP contribution in [0.3, 0.4) is 0 Å². The smallest absolute Gasteiger partial charge is 0.287 e. The summed E-state index contributed by atoms with van der Waals surface area (Å²) in [6.07, 6.45) is 3.65. The number of piperidine rings is 1. The summed E-state index contributed by atoms with van der Waals surface area (Å²) in [5.74, 6) is 0.889. The topological polar surface area (TPSA) is 74.6 Å². The number of carbonyl (C=O) groups excluding carboxylic acids is 2. The highest BCUT2D eigenvalue weighted by Crippen LogP contribution is 2.19. The van der Waals surface area contributed by atoms with E-state index in [0.717, 1.165) is 42.3 Å². The summed E-state index contributed by atoms with van der Waals surface area (Å²) in [6, 6.07) is 11.4. The maximum atomic E-state index is 12.3. The Balaban J connectivity index is 1.42. The maximum Gasteiger partial charge on any atom is 0.287 e. The van der Waals surface area contributed by atoms with Gasteiger partial charge in [0.25, 0.3) is 5.91 Å². The summed E-state index contributed by atoms with van der Waals surface area (Å²) < 4.78 is 5.36. The van der Waals surface area contributed by atoms with E-state index in [9.17, 15) is 9.59 Å². The summed E-state index contributed by atoms with van der Waals surface area (Å²) >= 11 is 1.65. The lowest BCUT2D eigenvalue weighted by atomic mass is 10.0. The Morgan fingerprint density at radius 1 is 1.22 bits per heavy atom. The summed E-state index contributed by atoms with van der Waals surface area (Å²) in [6.45, 7) is 3.74. The van der Waals surface area contributed by atoms with Crippen LogP contribution in [0.4, 0.5) is 5.69 Å². The number of benzene rings is 1. The molecule has 1 aromatic heterocycles. The average molecular weight is 388 g/mol. The van der Waals surface area contributed by atoms with Gasteiger partial charge in [0.05, 0.1) is 6.54 Å². The van der Waals surface area contributed by atoms with Gasteiger partial charge < -0.3 is 15.1 Å². The molecule has 0 atom stereocenters. The normalized spacial score (nSPS) is 15.5. The number of nitrogens with zero attached hydrogens (tertiary/aromatic N) is 1. The first-order valence-corrected chi connectivity index (χ1v) is 10.3. The molecular weight excluding hydrogens is 362 g/mol. The lowest BCUT2D eigenvalue weighted by molar-refractivity contribution is -0.117. The van der Waals surface area contributed by atoms with E-state index in [4.69, 9.17) is 4.42 Å². The molecule has 1 aliphatic rings. The maximum absolute atomic E-state index is 12.3. The van der Waals surface area contributed by atoms with Gasteiger partial charge in [0.15, 0.2) is 5.76 Å². The first kappa shape index (κ1) is 19.5. The Labute approximate surface area is 163 Å². The summed E-state index contributed by atoms with van der Waals surface area (Å²) in [5.41, 5.74) is 0.822. The Kier molecular flexibility index (Phi) is 6.58. The van der Waals surface area contributed by atoms with Gasteiger partial charge in [-0.2, -0.15) is 0 Å². The van der Waals surface area contributed by atoms with Crippen LogP contribution >= 0.6 is 11.8 Å². The predicted molar refractivity (Wildman–Crippen MR) is 107 cm³/mol. The number of hydrogen-bond donors (Lipinski definition) is 2. The monoisotopic (exact) mass is 387 g/mol. The van der Waals surface area contributed by atoms with Crippen LogP contribution in [0.2, 0.25) is 0 Å². The molecule has 6 nitrogen and oxygen atoms in total. The highest BCUT2D eigenvalue weighted by atomic mass is 32.2. The van der Waals surface area contributed by atoms with Crippen LogP contribution in [0, 0.1) is 6.92 Å². The zero-order chi connectivity index (χ0) is 19.2. The van der Waals surface area contributed by atoms with Crippen LogP contribution in [0.1, 0.15) is 29.2 Å². The average Bonchev–Trinajstić information content (AvgIpc) is 3.10. The third kappa shape index (κ3) is 5.61. The van der Waals surface area contributed by atoms with Crippen molar-refractivity contribution in [2.45, 2.75) is 30.7 Å². The van der Waals surface area contributed by atoms with Crippen LogP contribution in [0.5, 0.6) is 0 Å². The fourth-order valence-electron chi connectivity index (χ4n) is 3.15. The van der Waals surface area contributed by atoms with Crippen molar-refractivity contribution in [3.05, 3.63) is 47.9 Å². The Bertz CT molecular complexity index is 797. The molecule has 7 heteroatoms. The molecule has 2 heterocycles. The molecule has 3 rings (SSSR count). The van der Waals surface area contributed by atoms with E-state index < -0.39 is 0 Å². The van der Waals surface area contributed by atoms with Crippen molar-refractivity contribution >= 4 is 29.3 Å². The molecule has 27 heavy (non-hydrogen) atoms. The fourth-order valence-corrected chi connectivity index (χ4v) is 3.61. The van der Waals surface area contributed by atoms with Crippen molar-refractivity contribution in [3.8, 4) is 0 Å². The van der Waals surface area contributed by atoms with Crippen molar-refractivity contribution in [1.82, 2.24) is 10.2 Å². The SMILES string of the molecule is CSc1cccc(NC(=O)CN2CCC(NC(=O)c3ccc(C)o3)CC2)c1. The second kappa shape index (κ2) is 9.10. The van der Waals surface area contributed by atoms with Gasteiger partial charge in [-0.3, -0.25) is 14.5 Å². The molecule has 2 N–H and O–H groups in total. The van der Waals surface area contributed by atoms with E-state index in [1.54, 1.807) is 23.9 Å². The van der Waals surface area contributed by atoms with Crippen molar-refractivity contribution in [1.29, 1.82) is 0 Å². The van der Waals surface area contributed by atoms with Crippen molar-refractivity contribution in [2.75, 3.05) is 31.2 Å². The third-order valence-electron chi connectivity index (χ3n) is 4.61. The number of likely N-dealkylation sites (tertiary alicyclic amines) is 1. The molecule has 144 valence electrons. The largest absolute Gasteiger partial charge is 0.456 e. The highest BCUT2D eigenvalue weighted by molar-refractivity contribution is 7.98. The van der Waals surface area contributed by atoms with Crippen molar-refractivity contribution in [3.63, 3.8) is 0 Å². The predicted octanol–water partition coefficient (Wildman–Crippen LogP) is 3.14. The van der Waals surface area contributed by atoms with Gasteiger partial charge in [-0.05, 0) is 56.4 Å². The lowest BCUT2D eigenvalue weighted by Gasteiger charge is -2.31. The number of rotatable bonds is 6. The zero-order valence-corrected chi connectivity index (χ0v) is 16.5. The van der Waals surface area contributed by atoms with Gasteiger partial charge in [-0.25, -0.2) is 0 Å². The molecule has 0 bridgehead atoms. The first-order chi connectivity index (χ1) is 13.0. The van der Waals surface area contributed by atoms with E-state index in [1.807, 2.05) is 37.4 Å². The minimum absolute atomic E-state index is 0.0122. The van der Waals surface area contributed by atoms with Crippen LogP contribution in [0.15, 0.2) is 45.7 Å².